The van der Waals surface area contributed by atoms with Crippen LogP contribution in [-0.2, 0) is 19.6 Å². The Bertz CT molecular complexity index is 613. The van der Waals surface area contributed by atoms with E-state index in [9.17, 15) is 13.2 Å². The normalized spacial score (nSPS) is 11.5. The SMILES string of the molecule is CCS(=O)(=O)N(CC(=O)OC(C)C)c1ccc(Cl)c(C)c1. The number of carbonyl (C=O) groups excluding carboxylic acids is 1. The van der Waals surface area contributed by atoms with Gasteiger partial charge in [0.25, 0.3) is 0 Å². The predicted molar refractivity (Wildman–Crippen MR) is 84.2 cm³/mol. The molecule has 0 heterocycles. The van der Waals surface area contributed by atoms with Crippen molar-refractivity contribution in [3.05, 3.63) is 28.8 Å². The lowest BCUT2D eigenvalue weighted by molar-refractivity contribution is -0.145. The van der Waals surface area contributed by atoms with Crippen LogP contribution in [0.4, 0.5) is 5.69 Å². The minimum atomic E-state index is -3.58. The van der Waals surface area contributed by atoms with Crippen LogP contribution in [0.3, 0.4) is 0 Å². The Morgan fingerprint density at radius 2 is 2.00 bits per heavy atom. The van der Waals surface area contributed by atoms with Gasteiger partial charge >= 0.3 is 5.97 Å². The van der Waals surface area contributed by atoms with Crippen LogP contribution in [0.25, 0.3) is 0 Å². The molecule has 118 valence electrons. The highest BCUT2D eigenvalue weighted by atomic mass is 35.5. The molecule has 0 saturated carbocycles. The summed E-state index contributed by atoms with van der Waals surface area (Å²) in [4.78, 5) is 11.8. The van der Waals surface area contributed by atoms with E-state index in [1.54, 1.807) is 39.0 Å². The number of anilines is 1. The second kappa shape index (κ2) is 7.13. The van der Waals surface area contributed by atoms with Crippen LogP contribution in [0.5, 0.6) is 0 Å². The first kappa shape index (κ1) is 17.8. The minimum Gasteiger partial charge on any atom is -0.462 e. The fourth-order valence-electron chi connectivity index (χ4n) is 1.71. The second-order valence-corrected chi connectivity index (χ2v) is 7.47. The first-order chi connectivity index (χ1) is 9.67. The molecule has 0 unspecified atom stereocenters. The maximum absolute atomic E-state index is 12.2. The summed E-state index contributed by atoms with van der Waals surface area (Å²) in [5, 5.41) is 0.539. The van der Waals surface area contributed by atoms with Crippen LogP contribution in [0.2, 0.25) is 5.02 Å². The minimum absolute atomic E-state index is 0.108. The number of hydrogen-bond donors (Lipinski definition) is 0. The highest BCUT2D eigenvalue weighted by Gasteiger charge is 2.24. The van der Waals surface area contributed by atoms with Crippen LogP contribution in [-0.4, -0.2) is 32.8 Å². The molecule has 0 aliphatic rings. The van der Waals surface area contributed by atoms with E-state index in [-0.39, 0.29) is 18.4 Å². The average molecular weight is 334 g/mol. The number of ether oxygens (including phenoxy) is 1. The van der Waals surface area contributed by atoms with Crippen LogP contribution in [0, 0.1) is 6.92 Å². The maximum atomic E-state index is 12.2. The van der Waals surface area contributed by atoms with Gasteiger partial charge in [-0.25, -0.2) is 8.42 Å². The Balaban J connectivity index is 3.14. The third-order valence-electron chi connectivity index (χ3n) is 2.77. The molecule has 1 rings (SSSR count). The lowest BCUT2D eigenvalue weighted by Gasteiger charge is -2.24. The van der Waals surface area contributed by atoms with Crippen molar-refractivity contribution in [2.24, 2.45) is 0 Å². The molecule has 0 amide bonds. The summed E-state index contributed by atoms with van der Waals surface area (Å²) in [7, 11) is -3.58. The zero-order valence-electron chi connectivity index (χ0n) is 12.6. The first-order valence-corrected chi connectivity index (χ1v) is 8.62. The van der Waals surface area contributed by atoms with Crippen molar-refractivity contribution >= 4 is 33.3 Å². The molecule has 0 aromatic heterocycles. The number of carbonyl (C=O) groups is 1. The van der Waals surface area contributed by atoms with E-state index < -0.39 is 16.0 Å². The van der Waals surface area contributed by atoms with Crippen molar-refractivity contribution in [1.29, 1.82) is 0 Å². The summed E-state index contributed by atoms with van der Waals surface area (Å²) in [6, 6.07) is 4.82. The number of rotatable bonds is 6. The van der Waals surface area contributed by atoms with Crippen molar-refractivity contribution in [2.45, 2.75) is 33.8 Å². The van der Waals surface area contributed by atoms with Gasteiger partial charge in [-0.05, 0) is 51.5 Å². The lowest BCUT2D eigenvalue weighted by Crippen LogP contribution is -2.38. The lowest BCUT2D eigenvalue weighted by atomic mass is 10.2. The van der Waals surface area contributed by atoms with Crippen LogP contribution < -0.4 is 4.31 Å². The molecule has 21 heavy (non-hydrogen) atoms. The first-order valence-electron chi connectivity index (χ1n) is 6.63. The largest absolute Gasteiger partial charge is 0.462 e. The van der Waals surface area contributed by atoms with Crippen molar-refractivity contribution in [1.82, 2.24) is 0 Å². The van der Waals surface area contributed by atoms with Gasteiger partial charge in [0.05, 0.1) is 17.5 Å². The Morgan fingerprint density at radius 3 is 2.48 bits per heavy atom. The fourth-order valence-corrected chi connectivity index (χ4v) is 2.87. The summed E-state index contributed by atoms with van der Waals surface area (Å²) in [5.41, 5.74) is 1.14. The van der Waals surface area contributed by atoms with E-state index in [0.29, 0.717) is 10.7 Å². The molecular formula is C14H20ClNO4S. The second-order valence-electron chi connectivity index (χ2n) is 4.88. The summed E-state index contributed by atoms with van der Waals surface area (Å²) in [6.45, 7) is 6.37. The highest BCUT2D eigenvalue weighted by molar-refractivity contribution is 7.92. The monoisotopic (exact) mass is 333 g/mol. The summed E-state index contributed by atoms with van der Waals surface area (Å²) in [5.74, 6) is -0.696. The van der Waals surface area contributed by atoms with Gasteiger partial charge in [0.1, 0.15) is 6.54 Å². The van der Waals surface area contributed by atoms with E-state index >= 15 is 0 Å². The molecule has 7 heteroatoms. The molecule has 0 aliphatic carbocycles. The number of esters is 1. The third kappa shape index (κ3) is 4.89. The smallest absolute Gasteiger partial charge is 0.327 e. The molecule has 1 aromatic rings. The molecule has 1 aromatic carbocycles. The van der Waals surface area contributed by atoms with Crippen molar-refractivity contribution in [3.8, 4) is 0 Å². The van der Waals surface area contributed by atoms with Crippen LogP contribution in [0.1, 0.15) is 26.3 Å². The van der Waals surface area contributed by atoms with E-state index in [1.807, 2.05) is 0 Å². The van der Waals surface area contributed by atoms with Crippen LogP contribution in [0.15, 0.2) is 18.2 Å². The summed E-state index contributed by atoms with van der Waals surface area (Å²) in [6.07, 6.45) is -0.296. The Kier molecular flexibility index (Phi) is 6.04. The van der Waals surface area contributed by atoms with E-state index in [2.05, 4.69) is 0 Å². The molecule has 0 aliphatic heterocycles. The molecule has 0 fully saturated rings. The topological polar surface area (TPSA) is 63.7 Å². The summed E-state index contributed by atoms with van der Waals surface area (Å²) >= 11 is 5.95. The average Bonchev–Trinajstić information content (AvgIpc) is 2.38. The molecular weight excluding hydrogens is 314 g/mol. The van der Waals surface area contributed by atoms with Gasteiger partial charge < -0.3 is 4.74 Å². The molecule has 0 saturated heterocycles. The Morgan fingerprint density at radius 1 is 1.38 bits per heavy atom. The van der Waals surface area contributed by atoms with E-state index in [4.69, 9.17) is 16.3 Å². The van der Waals surface area contributed by atoms with Crippen LogP contribution >= 0.6 is 11.6 Å². The molecule has 0 spiro atoms. The maximum Gasteiger partial charge on any atom is 0.327 e. The Labute approximate surface area is 130 Å². The zero-order chi connectivity index (χ0) is 16.2. The van der Waals surface area contributed by atoms with Gasteiger partial charge in [0.15, 0.2) is 0 Å². The number of sulfonamides is 1. The van der Waals surface area contributed by atoms with Gasteiger partial charge in [-0.1, -0.05) is 11.6 Å². The number of aryl methyl sites for hydroxylation is 1. The number of hydrogen-bond acceptors (Lipinski definition) is 4. The standard InChI is InChI=1S/C14H20ClNO4S/c1-5-21(18,19)16(9-14(17)20-10(2)3)12-6-7-13(15)11(4)8-12/h6-8,10H,5,9H2,1-4H3. The molecule has 0 radical (unpaired) electrons. The number of nitrogens with zero attached hydrogens (tertiary/aromatic N) is 1. The van der Waals surface area contributed by atoms with Gasteiger partial charge in [0, 0.05) is 5.02 Å². The zero-order valence-corrected chi connectivity index (χ0v) is 14.2. The molecule has 0 bridgehead atoms. The highest BCUT2D eigenvalue weighted by Crippen LogP contribution is 2.24. The quantitative estimate of drug-likeness (QED) is 0.751. The van der Waals surface area contributed by atoms with Crippen molar-refractivity contribution in [2.75, 3.05) is 16.6 Å². The Hall–Kier alpha value is -1.27. The van der Waals surface area contributed by atoms with Crippen molar-refractivity contribution in [3.63, 3.8) is 0 Å². The molecule has 0 atom stereocenters. The van der Waals surface area contributed by atoms with E-state index in [1.165, 1.54) is 6.92 Å². The number of benzene rings is 1. The van der Waals surface area contributed by atoms with Gasteiger partial charge in [-0.15, -0.1) is 0 Å². The predicted octanol–water partition coefficient (Wildman–Crippen LogP) is 2.76. The molecule has 0 N–H and O–H groups in total. The summed E-state index contributed by atoms with van der Waals surface area (Å²) < 4.78 is 30.5. The third-order valence-corrected chi connectivity index (χ3v) is 4.94. The molecule has 5 nitrogen and oxygen atoms in total. The van der Waals surface area contributed by atoms with Gasteiger partial charge in [-0.3, -0.25) is 9.10 Å². The van der Waals surface area contributed by atoms with Gasteiger partial charge in [0.2, 0.25) is 10.0 Å². The van der Waals surface area contributed by atoms with Crippen molar-refractivity contribution < 1.29 is 17.9 Å². The fraction of sp³-hybridized carbons (Fsp3) is 0.500. The van der Waals surface area contributed by atoms with E-state index in [0.717, 1.165) is 9.87 Å². The number of halogens is 1. The van der Waals surface area contributed by atoms with Gasteiger partial charge in [-0.2, -0.15) is 0 Å².